The van der Waals surface area contributed by atoms with Gasteiger partial charge in [0, 0.05) is 17.4 Å². The van der Waals surface area contributed by atoms with Crippen LogP contribution < -0.4 is 16.8 Å². The molecule has 0 aliphatic carbocycles. The predicted octanol–water partition coefficient (Wildman–Crippen LogP) is 2.39. The molecule has 0 fully saturated rings. The molecule has 0 aromatic heterocycles. The third kappa shape index (κ3) is 2.79. The summed E-state index contributed by atoms with van der Waals surface area (Å²) in [5.74, 6) is -2.09. The number of nitrogens with one attached hydrogen (secondary N) is 1. The Balaban J connectivity index is 2.33. The number of nitrogens with two attached hydrogens (primary N) is 2. The highest BCUT2D eigenvalue weighted by atomic mass is 19.1. The van der Waals surface area contributed by atoms with Gasteiger partial charge < -0.3 is 16.8 Å². The molecule has 2 rings (SSSR count). The van der Waals surface area contributed by atoms with E-state index in [2.05, 4.69) is 5.32 Å². The summed E-state index contributed by atoms with van der Waals surface area (Å²) < 4.78 is 26.2. The smallest absolute Gasteiger partial charge is 0.250 e. The molecule has 0 bridgehead atoms. The first-order valence-corrected chi connectivity index (χ1v) is 5.39. The minimum atomic E-state index is -0.738. The van der Waals surface area contributed by atoms with Crippen molar-refractivity contribution in [1.82, 2.24) is 0 Å². The normalized spacial score (nSPS) is 10.2. The van der Waals surface area contributed by atoms with E-state index in [0.29, 0.717) is 5.69 Å². The van der Waals surface area contributed by atoms with Crippen LogP contribution in [0.1, 0.15) is 10.4 Å². The number of nitrogen functional groups attached to an aromatic ring is 1. The highest BCUT2D eigenvalue weighted by Crippen LogP contribution is 2.23. The van der Waals surface area contributed by atoms with Gasteiger partial charge in [-0.2, -0.15) is 0 Å². The molecule has 2 aromatic rings. The Bertz CT molecular complexity index is 644. The van der Waals surface area contributed by atoms with Gasteiger partial charge in [-0.1, -0.05) is 0 Å². The number of carbonyl (C=O) groups is 1. The Hall–Kier alpha value is -2.63. The molecular formula is C13H11F2N3O. The molecule has 0 saturated heterocycles. The van der Waals surface area contributed by atoms with E-state index in [1.807, 2.05) is 0 Å². The van der Waals surface area contributed by atoms with Crippen LogP contribution in [0.15, 0.2) is 36.4 Å². The number of primary amides is 1. The summed E-state index contributed by atoms with van der Waals surface area (Å²) in [5, 5.41) is 2.72. The van der Waals surface area contributed by atoms with E-state index in [9.17, 15) is 13.6 Å². The van der Waals surface area contributed by atoms with Crippen molar-refractivity contribution in [3.8, 4) is 0 Å². The Morgan fingerprint density at radius 2 is 1.84 bits per heavy atom. The predicted molar refractivity (Wildman–Crippen MR) is 69.0 cm³/mol. The van der Waals surface area contributed by atoms with Crippen molar-refractivity contribution in [1.29, 1.82) is 0 Å². The molecular weight excluding hydrogens is 252 g/mol. The van der Waals surface area contributed by atoms with E-state index in [0.717, 1.165) is 12.1 Å². The molecule has 0 heterocycles. The van der Waals surface area contributed by atoms with Crippen molar-refractivity contribution >= 4 is 23.0 Å². The van der Waals surface area contributed by atoms with Crippen LogP contribution in [-0.4, -0.2) is 5.91 Å². The lowest BCUT2D eigenvalue weighted by Gasteiger charge is -2.10. The highest BCUT2D eigenvalue weighted by Gasteiger charge is 2.08. The van der Waals surface area contributed by atoms with Gasteiger partial charge in [-0.05, 0) is 30.3 Å². The highest BCUT2D eigenvalue weighted by molar-refractivity contribution is 5.99. The van der Waals surface area contributed by atoms with Crippen molar-refractivity contribution in [2.45, 2.75) is 0 Å². The number of carbonyl (C=O) groups excluding carboxylic acids is 1. The lowest BCUT2D eigenvalue weighted by Crippen LogP contribution is -2.13. The molecule has 6 heteroatoms. The largest absolute Gasteiger partial charge is 0.398 e. The van der Waals surface area contributed by atoms with Crippen molar-refractivity contribution in [2.75, 3.05) is 11.1 Å². The summed E-state index contributed by atoms with van der Waals surface area (Å²) in [6.07, 6.45) is 0. The third-order valence-electron chi connectivity index (χ3n) is 2.53. The average molecular weight is 263 g/mol. The Labute approximate surface area is 108 Å². The molecule has 0 saturated carbocycles. The second-order valence-corrected chi connectivity index (χ2v) is 3.92. The topological polar surface area (TPSA) is 81.1 Å². The maximum absolute atomic E-state index is 13.5. The standard InChI is InChI=1S/C13H11F2N3O/c14-7-1-4-12(10(15)5-7)18-8-2-3-11(16)9(6-8)13(17)19/h1-6,18H,16H2,(H2,17,19). The summed E-state index contributed by atoms with van der Waals surface area (Å²) in [7, 11) is 0. The van der Waals surface area contributed by atoms with Gasteiger partial charge >= 0.3 is 0 Å². The summed E-state index contributed by atoms with van der Waals surface area (Å²) >= 11 is 0. The van der Waals surface area contributed by atoms with E-state index in [4.69, 9.17) is 11.5 Å². The second kappa shape index (κ2) is 4.93. The molecule has 0 radical (unpaired) electrons. The fourth-order valence-electron chi connectivity index (χ4n) is 1.59. The fourth-order valence-corrected chi connectivity index (χ4v) is 1.59. The van der Waals surface area contributed by atoms with Crippen molar-refractivity contribution < 1.29 is 13.6 Å². The van der Waals surface area contributed by atoms with Crippen LogP contribution in [0.2, 0.25) is 0 Å². The first-order chi connectivity index (χ1) is 8.97. The van der Waals surface area contributed by atoms with Crippen LogP contribution in [0.4, 0.5) is 25.8 Å². The zero-order valence-electron chi connectivity index (χ0n) is 9.78. The third-order valence-corrected chi connectivity index (χ3v) is 2.53. The molecule has 0 aliphatic rings. The Kier molecular flexibility index (Phi) is 3.33. The number of benzene rings is 2. The van der Waals surface area contributed by atoms with Gasteiger partial charge in [0.15, 0.2) is 0 Å². The number of anilines is 3. The van der Waals surface area contributed by atoms with E-state index >= 15 is 0 Å². The number of amides is 1. The van der Waals surface area contributed by atoms with Gasteiger partial charge in [0.05, 0.1) is 11.3 Å². The van der Waals surface area contributed by atoms with Crippen LogP contribution in [0, 0.1) is 11.6 Å². The monoisotopic (exact) mass is 263 g/mol. The zero-order valence-corrected chi connectivity index (χ0v) is 9.78. The van der Waals surface area contributed by atoms with Gasteiger partial charge in [-0.3, -0.25) is 4.79 Å². The van der Waals surface area contributed by atoms with Crippen LogP contribution in [0.25, 0.3) is 0 Å². The van der Waals surface area contributed by atoms with Crippen LogP contribution in [-0.2, 0) is 0 Å². The molecule has 5 N–H and O–H groups in total. The van der Waals surface area contributed by atoms with Gasteiger partial charge in [0.2, 0.25) is 0 Å². The van der Waals surface area contributed by atoms with Crippen molar-refractivity contribution in [3.05, 3.63) is 53.6 Å². The summed E-state index contributed by atoms with van der Waals surface area (Å²) in [6, 6.07) is 7.58. The molecule has 0 atom stereocenters. The quantitative estimate of drug-likeness (QED) is 0.744. The lowest BCUT2D eigenvalue weighted by molar-refractivity contribution is 0.100. The summed E-state index contributed by atoms with van der Waals surface area (Å²) in [5.41, 5.74) is 11.6. The summed E-state index contributed by atoms with van der Waals surface area (Å²) in [6.45, 7) is 0. The number of hydrogen-bond donors (Lipinski definition) is 3. The van der Waals surface area contributed by atoms with Crippen LogP contribution in [0.5, 0.6) is 0 Å². The minimum Gasteiger partial charge on any atom is -0.398 e. The maximum Gasteiger partial charge on any atom is 0.250 e. The van der Waals surface area contributed by atoms with Crippen molar-refractivity contribution in [3.63, 3.8) is 0 Å². The molecule has 0 spiro atoms. The van der Waals surface area contributed by atoms with Crippen LogP contribution >= 0.6 is 0 Å². The fraction of sp³-hybridized carbons (Fsp3) is 0. The molecule has 1 amide bonds. The second-order valence-electron chi connectivity index (χ2n) is 3.92. The van der Waals surface area contributed by atoms with Crippen molar-refractivity contribution in [2.24, 2.45) is 5.73 Å². The average Bonchev–Trinajstić information content (AvgIpc) is 2.34. The van der Waals surface area contributed by atoms with E-state index in [1.165, 1.54) is 18.2 Å². The van der Waals surface area contributed by atoms with Gasteiger partial charge in [0.1, 0.15) is 11.6 Å². The van der Waals surface area contributed by atoms with Crippen LogP contribution in [0.3, 0.4) is 0 Å². The molecule has 98 valence electrons. The number of rotatable bonds is 3. The molecule has 19 heavy (non-hydrogen) atoms. The van der Waals surface area contributed by atoms with Gasteiger partial charge in [-0.15, -0.1) is 0 Å². The Morgan fingerprint density at radius 1 is 1.11 bits per heavy atom. The molecule has 4 nitrogen and oxygen atoms in total. The van der Waals surface area contributed by atoms with E-state index < -0.39 is 17.5 Å². The first-order valence-electron chi connectivity index (χ1n) is 5.39. The lowest BCUT2D eigenvalue weighted by atomic mass is 10.1. The zero-order chi connectivity index (χ0) is 14.0. The van der Waals surface area contributed by atoms with E-state index in [1.54, 1.807) is 6.07 Å². The Morgan fingerprint density at radius 3 is 2.47 bits per heavy atom. The number of hydrogen-bond acceptors (Lipinski definition) is 3. The maximum atomic E-state index is 13.5. The molecule has 2 aromatic carbocycles. The van der Waals surface area contributed by atoms with Gasteiger partial charge in [-0.25, -0.2) is 8.78 Å². The van der Waals surface area contributed by atoms with E-state index in [-0.39, 0.29) is 16.9 Å². The SMILES string of the molecule is NC(=O)c1cc(Nc2ccc(F)cc2F)ccc1N. The van der Waals surface area contributed by atoms with Gasteiger partial charge in [0.25, 0.3) is 5.91 Å². The number of halogens is 2. The molecule has 0 aliphatic heterocycles. The molecule has 0 unspecified atom stereocenters. The minimum absolute atomic E-state index is 0.0848. The summed E-state index contributed by atoms with van der Waals surface area (Å²) in [4.78, 5) is 11.1. The first kappa shape index (κ1) is 12.8.